The number of aliphatic hydroxyl groups excluding tert-OH is 1. The van der Waals surface area contributed by atoms with E-state index in [0.29, 0.717) is 39.5 Å². The first-order valence-corrected chi connectivity index (χ1v) is 9.63. The van der Waals surface area contributed by atoms with Gasteiger partial charge in [-0.05, 0) is 41.8 Å². The molecule has 2 N–H and O–H groups in total. The number of aliphatic carboxylic acids is 1. The van der Waals surface area contributed by atoms with Crippen molar-refractivity contribution in [2.24, 2.45) is 5.92 Å². The minimum absolute atomic E-state index is 0.00395. The van der Waals surface area contributed by atoms with Crippen LogP contribution in [-0.4, -0.2) is 62.1 Å². The van der Waals surface area contributed by atoms with Crippen LogP contribution < -0.4 is 0 Å². The number of aliphatic hydroxyl groups is 1. The lowest BCUT2D eigenvalue weighted by molar-refractivity contribution is -0.174. The van der Waals surface area contributed by atoms with Gasteiger partial charge in [0.2, 0.25) is 12.0 Å². The number of rotatable bonds is 12. The van der Waals surface area contributed by atoms with Gasteiger partial charge in [0.15, 0.2) is 0 Å². The summed E-state index contributed by atoms with van der Waals surface area (Å²) in [6.07, 6.45) is 1.69. The Kier molecular flexibility index (Phi) is 9.07. The van der Waals surface area contributed by atoms with Gasteiger partial charge in [0, 0.05) is 25.0 Å². The molecule has 0 saturated heterocycles. The van der Waals surface area contributed by atoms with E-state index in [4.69, 9.17) is 24.1 Å². The van der Waals surface area contributed by atoms with E-state index >= 15 is 0 Å². The molecule has 1 aliphatic rings. The molecule has 0 radical (unpaired) electrons. The molecule has 2 heterocycles. The summed E-state index contributed by atoms with van der Waals surface area (Å²) >= 11 is 1.57. The first-order chi connectivity index (χ1) is 12.7. The van der Waals surface area contributed by atoms with Gasteiger partial charge in [-0.2, -0.15) is 11.3 Å². The maximum atomic E-state index is 11.4. The highest BCUT2D eigenvalue weighted by atomic mass is 32.1. The molecule has 1 aliphatic heterocycles. The first kappa shape index (κ1) is 20.9. The highest BCUT2D eigenvalue weighted by Crippen LogP contribution is 2.39. The first-order valence-electron chi connectivity index (χ1n) is 8.69. The number of carboxylic acid groups (broad SMARTS) is 1. The third-order valence-corrected chi connectivity index (χ3v) is 4.76. The molecule has 146 valence electrons. The van der Waals surface area contributed by atoms with Crippen molar-refractivity contribution >= 4 is 17.3 Å². The minimum Gasteiger partial charge on any atom is -0.475 e. The minimum atomic E-state index is -1.09. The Morgan fingerprint density at radius 2 is 2.04 bits per heavy atom. The van der Waals surface area contributed by atoms with Crippen molar-refractivity contribution in [2.75, 3.05) is 39.6 Å². The molecule has 0 fully saturated rings. The number of hydrogen-bond acceptors (Lipinski definition) is 7. The highest BCUT2D eigenvalue weighted by molar-refractivity contribution is 7.08. The lowest BCUT2D eigenvalue weighted by atomic mass is 9.82. The number of carboxylic acids is 1. The fourth-order valence-electron chi connectivity index (χ4n) is 2.88. The van der Waals surface area contributed by atoms with Crippen molar-refractivity contribution in [3.63, 3.8) is 0 Å². The third-order valence-electron chi connectivity index (χ3n) is 4.06. The van der Waals surface area contributed by atoms with E-state index in [1.165, 1.54) is 0 Å². The van der Waals surface area contributed by atoms with Crippen LogP contribution >= 0.6 is 11.3 Å². The maximum absolute atomic E-state index is 11.4. The van der Waals surface area contributed by atoms with Crippen LogP contribution in [0.1, 0.15) is 24.8 Å². The van der Waals surface area contributed by atoms with Crippen molar-refractivity contribution < 1.29 is 34.0 Å². The van der Waals surface area contributed by atoms with Crippen LogP contribution in [0.3, 0.4) is 0 Å². The molecular formula is C18H26O7S. The summed E-state index contributed by atoms with van der Waals surface area (Å²) in [7, 11) is 0. The summed E-state index contributed by atoms with van der Waals surface area (Å²) in [5.41, 5.74) is 1.05. The summed E-state index contributed by atoms with van der Waals surface area (Å²) in [4.78, 5) is 11.4. The smallest absolute Gasteiger partial charge is 0.370 e. The van der Waals surface area contributed by atoms with Crippen molar-refractivity contribution in [3.8, 4) is 0 Å². The van der Waals surface area contributed by atoms with Crippen molar-refractivity contribution in [3.05, 3.63) is 34.2 Å². The Balaban J connectivity index is 2.01. The van der Waals surface area contributed by atoms with E-state index in [2.05, 4.69) is 0 Å². The maximum Gasteiger partial charge on any atom is 0.370 e. The Hall–Kier alpha value is -1.45. The highest BCUT2D eigenvalue weighted by Gasteiger charge is 2.38. The van der Waals surface area contributed by atoms with Crippen LogP contribution in [0, 0.1) is 5.92 Å². The van der Waals surface area contributed by atoms with Crippen LogP contribution in [0.4, 0.5) is 0 Å². The van der Waals surface area contributed by atoms with Gasteiger partial charge in [-0.15, -0.1) is 0 Å². The van der Waals surface area contributed by atoms with E-state index in [9.17, 15) is 9.90 Å². The number of ether oxygens (including phenoxy) is 4. The molecule has 0 aliphatic carbocycles. The van der Waals surface area contributed by atoms with E-state index < -0.39 is 12.3 Å². The molecule has 0 saturated carbocycles. The van der Waals surface area contributed by atoms with Crippen LogP contribution in [0.5, 0.6) is 0 Å². The largest absolute Gasteiger partial charge is 0.475 e. The monoisotopic (exact) mass is 386 g/mol. The second-order valence-electron chi connectivity index (χ2n) is 5.76. The molecule has 26 heavy (non-hydrogen) atoms. The van der Waals surface area contributed by atoms with E-state index in [1.807, 2.05) is 23.8 Å². The lowest BCUT2D eigenvalue weighted by Gasteiger charge is -2.36. The quantitative estimate of drug-likeness (QED) is 0.532. The van der Waals surface area contributed by atoms with Gasteiger partial charge in [0.05, 0.1) is 26.4 Å². The summed E-state index contributed by atoms with van der Waals surface area (Å²) in [5.74, 6) is -1.32. The van der Waals surface area contributed by atoms with Gasteiger partial charge in [0.25, 0.3) is 0 Å². The fraction of sp³-hybridized carbons (Fsp3) is 0.611. The molecule has 2 rings (SSSR count). The van der Waals surface area contributed by atoms with Crippen molar-refractivity contribution in [1.82, 2.24) is 0 Å². The molecule has 7 nitrogen and oxygen atoms in total. The number of hydrogen-bond donors (Lipinski definition) is 2. The number of carbonyl (C=O) groups is 1. The lowest BCUT2D eigenvalue weighted by Crippen LogP contribution is -2.37. The van der Waals surface area contributed by atoms with Gasteiger partial charge < -0.3 is 29.2 Å². The van der Waals surface area contributed by atoms with E-state index in [0.717, 1.165) is 5.56 Å². The molecule has 1 aromatic rings. The topological polar surface area (TPSA) is 94.5 Å². The van der Waals surface area contributed by atoms with Crippen molar-refractivity contribution in [1.29, 1.82) is 0 Å². The molecule has 8 heteroatoms. The molecule has 1 aromatic heterocycles. The summed E-state index contributed by atoms with van der Waals surface area (Å²) < 4.78 is 22.0. The molecule has 0 bridgehead atoms. The Morgan fingerprint density at radius 3 is 2.65 bits per heavy atom. The zero-order chi connectivity index (χ0) is 18.8. The van der Waals surface area contributed by atoms with E-state index in [-0.39, 0.29) is 24.2 Å². The Labute approximate surface area is 157 Å². The zero-order valence-electron chi connectivity index (χ0n) is 14.8. The van der Waals surface area contributed by atoms with E-state index in [1.54, 1.807) is 17.4 Å². The SMILES string of the molecule is CCO[C@H]1OC(C(=O)O)=C[C@@H](c2ccsc2)[C@H]1CCOCCOCCO. The fourth-order valence-corrected chi connectivity index (χ4v) is 3.59. The molecule has 3 atom stereocenters. The molecule has 0 spiro atoms. The Morgan fingerprint density at radius 1 is 1.27 bits per heavy atom. The zero-order valence-corrected chi connectivity index (χ0v) is 15.7. The van der Waals surface area contributed by atoms with Crippen LogP contribution in [0.2, 0.25) is 0 Å². The third kappa shape index (κ3) is 6.07. The van der Waals surface area contributed by atoms with Gasteiger partial charge in [-0.1, -0.05) is 0 Å². The molecule has 0 aromatic carbocycles. The number of allylic oxidation sites excluding steroid dienone is 1. The normalized spacial score (nSPS) is 22.7. The molecule has 0 unspecified atom stereocenters. The average molecular weight is 386 g/mol. The second-order valence-corrected chi connectivity index (χ2v) is 6.54. The molecule has 0 amide bonds. The Bertz CT molecular complexity index is 558. The van der Waals surface area contributed by atoms with Gasteiger partial charge in [0.1, 0.15) is 0 Å². The predicted molar refractivity (Wildman–Crippen MR) is 96.1 cm³/mol. The predicted octanol–water partition coefficient (Wildman–Crippen LogP) is 2.22. The number of thiophene rings is 1. The van der Waals surface area contributed by atoms with Gasteiger partial charge in [-0.25, -0.2) is 4.79 Å². The molecular weight excluding hydrogens is 360 g/mol. The van der Waals surface area contributed by atoms with Crippen LogP contribution in [-0.2, 0) is 23.7 Å². The van der Waals surface area contributed by atoms with Crippen molar-refractivity contribution in [2.45, 2.75) is 25.6 Å². The summed E-state index contributed by atoms with van der Waals surface area (Å²) in [6.45, 7) is 3.93. The van der Waals surface area contributed by atoms with Gasteiger partial charge in [-0.3, -0.25) is 0 Å². The van der Waals surface area contributed by atoms with Crippen LogP contribution in [0.15, 0.2) is 28.7 Å². The van der Waals surface area contributed by atoms with Gasteiger partial charge >= 0.3 is 5.97 Å². The summed E-state index contributed by atoms with van der Waals surface area (Å²) in [5, 5.41) is 22.0. The van der Waals surface area contributed by atoms with Crippen LogP contribution in [0.25, 0.3) is 0 Å². The standard InChI is InChI=1S/C18H26O7S/c1-2-24-18-14(3-6-22-8-9-23-7-5-19)15(13-4-10-26-12-13)11-16(25-18)17(20)21/h4,10-12,14-15,18-19H,2-3,5-9H2,1H3,(H,20,21)/t14-,15+,18+/m1/s1. The summed E-state index contributed by atoms with van der Waals surface area (Å²) in [6, 6.07) is 2.00. The second kappa shape index (κ2) is 11.3. The average Bonchev–Trinajstić information content (AvgIpc) is 3.16.